The average Bonchev–Trinajstić information content (AvgIpc) is 2.75. The molecule has 19 heavy (non-hydrogen) atoms. The van der Waals surface area contributed by atoms with E-state index in [0.717, 1.165) is 17.4 Å². The first-order valence-corrected chi connectivity index (χ1v) is 7.18. The summed E-state index contributed by atoms with van der Waals surface area (Å²) in [7, 11) is 1.63. The first-order valence-electron chi connectivity index (χ1n) is 6.38. The number of halogens is 1. The van der Waals surface area contributed by atoms with Crippen LogP contribution in [0.15, 0.2) is 29.4 Å². The van der Waals surface area contributed by atoms with Gasteiger partial charge in [-0.25, -0.2) is 0 Å². The zero-order chi connectivity index (χ0) is 14.3. The Kier molecular flexibility index (Phi) is 6.87. The zero-order valence-corrected chi connectivity index (χ0v) is 13.1. The van der Waals surface area contributed by atoms with Gasteiger partial charge in [-0.3, -0.25) is 4.79 Å². The van der Waals surface area contributed by atoms with Crippen LogP contribution in [0.4, 0.5) is 0 Å². The second kappa shape index (κ2) is 8.17. The number of hydrogen-bond donors (Lipinski definition) is 0. The standard InChI is InChI=1S/C14H21BrN2O2/c1-4-6-16(8-9-19-3)14(18)13-10-12(15)11-17(13)7-5-2/h4,10-11H,1,5-9H2,2-3H3. The van der Waals surface area contributed by atoms with E-state index < -0.39 is 0 Å². The van der Waals surface area contributed by atoms with Gasteiger partial charge in [-0.1, -0.05) is 13.0 Å². The van der Waals surface area contributed by atoms with E-state index in [0.29, 0.717) is 25.4 Å². The van der Waals surface area contributed by atoms with Crippen LogP contribution in [-0.2, 0) is 11.3 Å². The Morgan fingerprint density at radius 1 is 1.63 bits per heavy atom. The van der Waals surface area contributed by atoms with Gasteiger partial charge in [-0.05, 0) is 28.4 Å². The predicted molar refractivity (Wildman–Crippen MR) is 80.4 cm³/mol. The summed E-state index contributed by atoms with van der Waals surface area (Å²) >= 11 is 3.43. The summed E-state index contributed by atoms with van der Waals surface area (Å²) in [5, 5.41) is 0. The average molecular weight is 329 g/mol. The van der Waals surface area contributed by atoms with Gasteiger partial charge < -0.3 is 14.2 Å². The molecule has 1 rings (SSSR count). The Morgan fingerprint density at radius 3 is 2.95 bits per heavy atom. The number of aryl methyl sites for hydroxylation is 1. The van der Waals surface area contributed by atoms with Crippen molar-refractivity contribution in [2.24, 2.45) is 0 Å². The van der Waals surface area contributed by atoms with Crippen LogP contribution in [0.5, 0.6) is 0 Å². The largest absolute Gasteiger partial charge is 0.383 e. The molecule has 0 saturated carbocycles. The van der Waals surface area contributed by atoms with Gasteiger partial charge in [0.15, 0.2) is 0 Å². The normalized spacial score (nSPS) is 10.5. The molecule has 4 nitrogen and oxygen atoms in total. The summed E-state index contributed by atoms with van der Waals surface area (Å²) in [5.41, 5.74) is 0.701. The molecule has 0 unspecified atom stereocenters. The highest BCUT2D eigenvalue weighted by atomic mass is 79.9. The molecule has 0 aliphatic carbocycles. The summed E-state index contributed by atoms with van der Waals surface area (Å²) in [6.45, 7) is 8.24. The molecular weight excluding hydrogens is 308 g/mol. The smallest absolute Gasteiger partial charge is 0.270 e. The first kappa shape index (κ1) is 16.0. The van der Waals surface area contributed by atoms with Crippen molar-refractivity contribution in [3.63, 3.8) is 0 Å². The van der Waals surface area contributed by atoms with Crippen LogP contribution in [-0.4, -0.2) is 42.2 Å². The molecular formula is C14H21BrN2O2. The Hall–Kier alpha value is -1.07. The molecule has 106 valence electrons. The lowest BCUT2D eigenvalue weighted by Gasteiger charge is -2.21. The molecule has 0 fully saturated rings. The van der Waals surface area contributed by atoms with Crippen molar-refractivity contribution in [1.29, 1.82) is 0 Å². The number of nitrogens with zero attached hydrogens (tertiary/aromatic N) is 2. The van der Waals surface area contributed by atoms with Crippen molar-refractivity contribution in [3.05, 3.63) is 35.1 Å². The molecule has 0 saturated heterocycles. The van der Waals surface area contributed by atoms with E-state index in [-0.39, 0.29) is 5.91 Å². The third-order valence-corrected chi connectivity index (χ3v) is 3.18. The van der Waals surface area contributed by atoms with Crippen molar-refractivity contribution >= 4 is 21.8 Å². The number of aromatic nitrogens is 1. The van der Waals surface area contributed by atoms with Crippen LogP contribution < -0.4 is 0 Å². The number of carbonyl (C=O) groups excluding carboxylic acids is 1. The maximum Gasteiger partial charge on any atom is 0.270 e. The number of amides is 1. The van der Waals surface area contributed by atoms with E-state index in [2.05, 4.69) is 29.4 Å². The number of methoxy groups -OCH3 is 1. The Labute approximate surface area is 123 Å². The molecule has 0 aromatic carbocycles. The molecule has 0 atom stereocenters. The van der Waals surface area contributed by atoms with E-state index in [1.165, 1.54) is 0 Å². The van der Waals surface area contributed by atoms with E-state index in [1.54, 1.807) is 18.1 Å². The highest BCUT2D eigenvalue weighted by Crippen LogP contribution is 2.17. The third-order valence-electron chi connectivity index (χ3n) is 2.75. The van der Waals surface area contributed by atoms with Crippen molar-refractivity contribution in [2.75, 3.05) is 26.8 Å². The number of rotatable bonds is 8. The van der Waals surface area contributed by atoms with E-state index in [1.807, 2.05) is 16.8 Å². The summed E-state index contributed by atoms with van der Waals surface area (Å²) in [4.78, 5) is 14.3. The molecule has 1 heterocycles. The lowest BCUT2D eigenvalue weighted by Crippen LogP contribution is -2.35. The zero-order valence-electron chi connectivity index (χ0n) is 11.6. The van der Waals surface area contributed by atoms with Gasteiger partial charge in [0, 0.05) is 37.4 Å². The molecule has 1 amide bonds. The van der Waals surface area contributed by atoms with Gasteiger partial charge in [0.1, 0.15) is 5.69 Å². The molecule has 0 aliphatic heterocycles. The second-order valence-corrected chi connectivity index (χ2v) is 5.19. The number of ether oxygens (including phenoxy) is 1. The van der Waals surface area contributed by atoms with E-state index in [9.17, 15) is 4.79 Å². The number of hydrogen-bond acceptors (Lipinski definition) is 2. The van der Waals surface area contributed by atoms with Crippen molar-refractivity contribution < 1.29 is 9.53 Å². The molecule has 0 bridgehead atoms. The van der Waals surface area contributed by atoms with Crippen LogP contribution in [0.3, 0.4) is 0 Å². The Morgan fingerprint density at radius 2 is 2.37 bits per heavy atom. The van der Waals surface area contributed by atoms with E-state index >= 15 is 0 Å². The lowest BCUT2D eigenvalue weighted by molar-refractivity contribution is 0.0707. The van der Waals surface area contributed by atoms with Gasteiger partial charge in [-0.2, -0.15) is 0 Å². The fourth-order valence-electron chi connectivity index (χ4n) is 1.87. The fourth-order valence-corrected chi connectivity index (χ4v) is 2.34. The molecule has 0 spiro atoms. The molecule has 5 heteroatoms. The topological polar surface area (TPSA) is 34.5 Å². The maximum absolute atomic E-state index is 12.5. The number of carbonyl (C=O) groups is 1. The summed E-state index contributed by atoms with van der Waals surface area (Å²) in [5.74, 6) is 0.0103. The summed E-state index contributed by atoms with van der Waals surface area (Å²) in [6.07, 6.45) is 4.66. The molecule has 0 radical (unpaired) electrons. The molecule has 0 N–H and O–H groups in total. The third kappa shape index (κ3) is 4.51. The quantitative estimate of drug-likeness (QED) is 0.687. The Bertz CT molecular complexity index is 429. The predicted octanol–water partition coefficient (Wildman–Crippen LogP) is 2.94. The SMILES string of the molecule is C=CCN(CCOC)C(=O)c1cc(Br)cn1CCC. The van der Waals surface area contributed by atoms with Gasteiger partial charge in [0.2, 0.25) is 0 Å². The van der Waals surface area contributed by atoms with Crippen LogP contribution in [0, 0.1) is 0 Å². The monoisotopic (exact) mass is 328 g/mol. The lowest BCUT2D eigenvalue weighted by atomic mass is 10.3. The highest BCUT2D eigenvalue weighted by molar-refractivity contribution is 9.10. The van der Waals surface area contributed by atoms with Gasteiger partial charge >= 0.3 is 0 Å². The minimum absolute atomic E-state index is 0.0103. The van der Waals surface area contributed by atoms with Gasteiger partial charge in [-0.15, -0.1) is 6.58 Å². The summed E-state index contributed by atoms with van der Waals surface area (Å²) in [6, 6.07) is 1.86. The van der Waals surface area contributed by atoms with Crippen LogP contribution in [0.2, 0.25) is 0 Å². The Balaban J connectivity index is 2.91. The fraction of sp³-hybridized carbons (Fsp3) is 0.500. The van der Waals surface area contributed by atoms with Crippen molar-refractivity contribution in [2.45, 2.75) is 19.9 Å². The van der Waals surface area contributed by atoms with Crippen LogP contribution in [0.25, 0.3) is 0 Å². The van der Waals surface area contributed by atoms with Crippen molar-refractivity contribution in [3.8, 4) is 0 Å². The van der Waals surface area contributed by atoms with Crippen LogP contribution in [0.1, 0.15) is 23.8 Å². The minimum Gasteiger partial charge on any atom is -0.383 e. The first-order chi connectivity index (χ1) is 9.13. The van der Waals surface area contributed by atoms with Crippen LogP contribution >= 0.6 is 15.9 Å². The van der Waals surface area contributed by atoms with Gasteiger partial charge in [0.25, 0.3) is 5.91 Å². The summed E-state index contributed by atoms with van der Waals surface area (Å²) < 4.78 is 7.95. The molecule has 0 aliphatic rings. The van der Waals surface area contributed by atoms with Gasteiger partial charge in [0.05, 0.1) is 6.61 Å². The highest BCUT2D eigenvalue weighted by Gasteiger charge is 2.18. The van der Waals surface area contributed by atoms with Crippen molar-refractivity contribution in [1.82, 2.24) is 9.47 Å². The minimum atomic E-state index is 0.0103. The maximum atomic E-state index is 12.5. The van der Waals surface area contributed by atoms with E-state index in [4.69, 9.17) is 4.74 Å². The molecule has 1 aromatic heterocycles. The second-order valence-electron chi connectivity index (χ2n) is 4.27. The molecule has 1 aromatic rings.